The van der Waals surface area contributed by atoms with E-state index in [2.05, 4.69) is 31.7 Å². The standard InChI is InChI=1S/C26H23N7O3/c1-3-5-16-6-4-10-27-21(16)24-31-32-25(36-24)26(34)33-11-9-18-22(29-14-28-18)23(33)19-13-35-20-12-15(2)7-8-17(20)30-19/h3-4,6-8,10,12,14,23H,1,5,9,11,13H2,2H3,(H,28,29)/t23-/m1/s1. The largest absolute Gasteiger partial charge is 0.485 e. The van der Waals surface area contributed by atoms with Crippen molar-refractivity contribution >= 4 is 17.3 Å². The molecule has 0 saturated heterocycles. The second-order valence-electron chi connectivity index (χ2n) is 8.70. The van der Waals surface area contributed by atoms with Gasteiger partial charge in [0.2, 0.25) is 0 Å². The molecule has 10 nitrogen and oxygen atoms in total. The Hall–Kier alpha value is -4.60. The average molecular weight is 482 g/mol. The van der Waals surface area contributed by atoms with E-state index in [1.54, 1.807) is 23.5 Å². The maximum absolute atomic E-state index is 13.7. The number of aromatic nitrogens is 5. The summed E-state index contributed by atoms with van der Waals surface area (Å²) in [5, 5.41) is 8.18. The first-order chi connectivity index (χ1) is 17.6. The van der Waals surface area contributed by atoms with Gasteiger partial charge in [-0.15, -0.1) is 16.8 Å². The average Bonchev–Trinajstić information content (AvgIpc) is 3.58. The van der Waals surface area contributed by atoms with Gasteiger partial charge in [0.15, 0.2) is 0 Å². The molecule has 1 N–H and O–H groups in total. The molecule has 2 aliphatic rings. The number of amides is 1. The third kappa shape index (κ3) is 3.76. The predicted molar refractivity (Wildman–Crippen MR) is 131 cm³/mol. The number of benzene rings is 1. The number of hydrogen-bond donors (Lipinski definition) is 1. The Balaban J connectivity index is 1.36. The fraction of sp³-hybridized carbons (Fsp3) is 0.231. The summed E-state index contributed by atoms with van der Waals surface area (Å²) in [6.07, 6.45) is 6.27. The maximum Gasteiger partial charge on any atom is 0.312 e. The molecule has 0 unspecified atom stereocenters. The summed E-state index contributed by atoms with van der Waals surface area (Å²) in [7, 11) is 0. The van der Waals surface area contributed by atoms with E-state index in [-0.39, 0.29) is 18.4 Å². The van der Waals surface area contributed by atoms with Crippen LogP contribution in [0.5, 0.6) is 5.75 Å². The van der Waals surface area contributed by atoms with Crippen molar-refractivity contribution in [3.05, 3.63) is 83.9 Å². The molecule has 0 spiro atoms. The molecule has 1 aromatic carbocycles. The molecule has 3 aromatic heterocycles. The molecule has 180 valence electrons. The van der Waals surface area contributed by atoms with Crippen LogP contribution in [-0.2, 0) is 12.8 Å². The smallest absolute Gasteiger partial charge is 0.312 e. The number of H-pyrrole nitrogens is 1. The van der Waals surface area contributed by atoms with Crippen LogP contribution in [0, 0.1) is 6.92 Å². The van der Waals surface area contributed by atoms with Gasteiger partial charge in [-0.3, -0.25) is 9.78 Å². The van der Waals surface area contributed by atoms with Crippen LogP contribution in [0.15, 0.2) is 64.9 Å². The van der Waals surface area contributed by atoms with Crippen molar-refractivity contribution in [2.24, 2.45) is 4.99 Å². The Morgan fingerprint density at radius 3 is 3.08 bits per heavy atom. The molecule has 5 heterocycles. The van der Waals surface area contributed by atoms with Gasteiger partial charge >= 0.3 is 11.8 Å². The zero-order valence-corrected chi connectivity index (χ0v) is 19.6. The van der Waals surface area contributed by atoms with E-state index in [4.69, 9.17) is 14.1 Å². The Labute approximate surface area is 206 Å². The molecule has 1 amide bonds. The van der Waals surface area contributed by atoms with Crippen molar-refractivity contribution in [3.63, 3.8) is 0 Å². The normalized spacial score (nSPS) is 16.5. The number of aryl methyl sites for hydroxylation is 1. The molecule has 0 aliphatic carbocycles. The van der Waals surface area contributed by atoms with Gasteiger partial charge in [0.25, 0.3) is 5.89 Å². The summed E-state index contributed by atoms with van der Waals surface area (Å²) >= 11 is 0. The number of aromatic amines is 1. The number of pyridine rings is 1. The monoisotopic (exact) mass is 481 g/mol. The van der Waals surface area contributed by atoms with Gasteiger partial charge in [0, 0.05) is 24.9 Å². The van der Waals surface area contributed by atoms with Crippen molar-refractivity contribution < 1.29 is 13.9 Å². The van der Waals surface area contributed by atoms with Crippen molar-refractivity contribution in [1.29, 1.82) is 0 Å². The van der Waals surface area contributed by atoms with E-state index in [1.807, 2.05) is 37.3 Å². The van der Waals surface area contributed by atoms with Gasteiger partial charge in [-0.1, -0.05) is 18.2 Å². The molecule has 0 radical (unpaired) electrons. The third-order valence-corrected chi connectivity index (χ3v) is 6.32. The van der Waals surface area contributed by atoms with Crippen LogP contribution in [0.3, 0.4) is 0 Å². The molecule has 10 heteroatoms. The van der Waals surface area contributed by atoms with E-state index in [0.29, 0.717) is 30.8 Å². The fourth-order valence-corrected chi connectivity index (χ4v) is 4.62. The molecular weight excluding hydrogens is 458 g/mol. The Bertz CT molecular complexity index is 1500. The number of carbonyl (C=O) groups is 1. The van der Waals surface area contributed by atoms with Gasteiger partial charge in [0.1, 0.15) is 29.8 Å². The number of hydrogen-bond acceptors (Lipinski definition) is 8. The molecule has 0 saturated carbocycles. The van der Waals surface area contributed by atoms with Crippen LogP contribution in [-0.4, -0.2) is 54.8 Å². The van der Waals surface area contributed by atoms with E-state index in [9.17, 15) is 4.79 Å². The van der Waals surface area contributed by atoms with Crippen LogP contribution in [0.25, 0.3) is 11.6 Å². The second-order valence-corrected chi connectivity index (χ2v) is 8.70. The van der Waals surface area contributed by atoms with Gasteiger partial charge in [-0.25, -0.2) is 9.98 Å². The molecule has 2 aliphatic heterocycles. The number of carbonyl (C=O) groups excluding carboxylic acids is 1. The number of rotatable bonds is 5. The van der Waals surface area contributed by atoms with E-state index in [0.717, 1.165) is 34.0 Å². The minimum atomic E-state index is -0.525. The number of fused-ring (bicyclic) bond motifs is 2. The van der Waals surface area contributed by atoms with Gasteiger partial charge in [-0.05, 0) is 42.7 Å². The highest BCUT2D eigenvalue weighted by Gasteiger charge is 2.39. The minimum Gasteiger partial charge on any atom is -0.485 e. The number of ether oxygens (including phenoxy) is 1. The number of imidazole rings is 1. The van der Waals surface area contributed by atoms with Gasteiger partial charge < -0.3 is 19.0 Å². The van der Waals surface area contributed by atoms with Crippen molar-refractivity contribution in [3.8, 4) is 17.3 Å². The fourth-order valence-electron chi connectivity index (χ4n) is 4.62. The van der Waals surface area contributed by atoms with Gasteiger partial charge in [-0.2, -0.15) is 0 Å². The molecule has 0 bridgehead atoms. The summed E-state index contributed by atoms with van der Waals surface area (Å²) in [5.41, 5.74) is 5.63. The highest BCUT2D eigenvalue weighted by atomic mass is 16.5. The Morgan fingerprint density at radius 1 is 1.28 bits per heavy atom. The zero-order chi connectivity index (χ0) is 24.6. The van der Waals surface area contributed by atoms with Crippen LogP contribution in [0.2, 0.25) is 0 Å². The van der Waals surface area contributed by atoms with Crippen LogP contribution < -0.4 is 4.74 Å². The quantitative estimate of drug-likeness (QED) is 0.430. The lowest BCUT2D eigenvalue weighted by Gasteiger charge is -2.35. The van der Waals surface area contributed by atoms with Gasteiger partial charge in [0.05, 0.1) is 17.7 Å². The number of allylic oxidation sites excluding steroid dienone is 1. The summed E-state index contributed by atoms with van der Waals surface area (Å²) < 4.78 is 11.9. The number of aliphatic imine (C=N–C) groups is 1. The highest BCUT2D eigenvalue weighted by molar-refractivity contribution is 6.00. The van der Waals surface area contributed by atoms with Crippen molar-refractivity contribution in [2.45, 2.75) is 25.8 Å². The maximum atomic E-state index is 13.7. The lowest BCUT2D eigenvalue weighted by atomic mass is 9.97. The summed E-state index contributed by atoms with van der Waals surface area (Å²) in [4.78, 5) is 32.3. The topological polar surface area (TPSA) is 122 Å². The number of nitrogens with one attached hydrogen (secondary N) is 1. The van der Waals surface area contributed by atoms with E-state index in [1.165, 1.54) is 0 Å². The van der Waals surface area contributed by atoms with Crippen LogP contribution in [0.4, 0.5) is 5.69 Å². The molecular formula is C26H23N7O3. The second kappa shape index (κ2) is 8.88. The lowest BCUT2D eigenvalue weighted by molar-refractivity contribution is 0.0666. The Morgan fingerprint density at radius 2 is 2.19 bits per heavy atom. The van der Waals surface area contributed by atoms with E-state index >= 15 is 0 Å². The molecule has 6 rings (SSSR count). The molecule has 36 heavy (non-hydrogen) atoms. The summed E-state index contributed by atoms with van der Waals surface area (Å²) in [6.45, 7) is 6.46. The van der Waals surface area contributed by atoms with E-state index < -0.39 is 11.9 Å². The first-order valence-electron chi connectivity index (χ1n) is 11.6. The predicted octanol–water partition coefficient (Wildman–Crippen LogP) is 3.80. The summed E-state index contributed by atoms with van der Waals surface area (Å²) in [6, 6.07) is 9.08. The zero-order valence-electron chi connectivity index (χ0n) is 19.6. The molecule has 4 aromatic rings. The number of nitrogens with zero attached hydrogens (tertiary/aromatic N) is 6. The molecule has 1 atom stereocenters. The van der Waals surface area contributed by atoms with Crippen LogP contribution in [0.1, 0.15) is 39.2 Å². The minimum absolute atomic E-state index is 0.113. The molecule has 0 fully saturated rings. The summed E-state index contributed by atoms with van der Waals surface area (Å²) in [5.74, 6) is 0.401. The first kappa shape index (κ1) is 21.9. The third-order valence-electron chi connectivity index (χ3n) is 6.32. The van der Waals surface area contributed by atoms with Crippen molar-refractivity contribution in [2.75, 3.05) is 13.2 Å². The SMILES string of the molecule is C=CCc1cccnc1-c1nnc(C(=O)N2CCc3[nH]cnc3[C@H]2C2=Nc3ccc(C)cc3OC2)o1. The lowest BCUT2D eigenvalue weighted by Crippen LogP contribution is -2.45. The first-order valence-corrected chi connectivity index (χ1v) is 11.6. The van der Waals surface area contributed by atoms with Crippen LogP contribution >= 0.6 is 0 Å². The Kier molecular flexibility index (Phi) is 5.40. The highest BCUT2D eigenvalue weighted by Crippen LogP contribution is 2.37. The van der Waals surface area contributed by atoms with Crippen molar-refractivity contribution in [1.82, 2.24) is 30.0 Å².